The number of rotatable bonds is 7. The second-order valence-corrected chi connectivity index (χ2v) is 11.8. The van der Waals surface area contributed by atoms with Gasteiger partial charge in [-0.25, -0.2) is 4.79 Å². The zero-order valence-electron chi connectivity index (χ0n) is 21.9. The molecule has 5 nitrogen and oxygen atoms in total. The number of aliphatic hydroxyl groups is 2. The molecule has 2 fully saturated rings. The van der Waals surface area contributed by atoms with Crippen molar-refractivity contribution in [1.29, 1.82) is 0 Å². The van der Waals surface area contributed by atoms with Gasteiger partial charge in [0.25, 0.3) is 0 Å². The molecule has 7 atom stereocenters. The minimum atomic E-state index is -0.514. The molecular weight excluding hydrogens is 428 g/mol. The Balaban J connectivity index is 1.47. The van der Waals surface area contributed by atoms with Crippen molar-refractivity contribution in [2.75, 3.05) is 6.61 Å². The number of ether oxygens (including phenoxy) is 2. The fourth-order valence-electron chi connectivity index (χ4n) is 7.28. The SMILES string of the molecule is CCC(C)(CC)OC(=O)CO[C@@H](C)C1=CC[C@H]2C3=CC=C4C[C@@H](O)C[C@H](O)[C@]4(C)[C@H]3CC[C@]12C. The van der Waals surface area contributed by atoms with E-state index in [-0.39, 0.29) is 29.5 Å². The van der Waals surface area contributed by atoms with Crippen molar-refractivity contribution in [2.45, 2.75) is 110 Å². The Morgan fingerprint density at radius 2 is 1.91 bits per heavy atom. The van der Waals surface area contributed by atoms with Crippen LogP contribution in [0.4, 0.5) is 0 Å². The summed E-state index contributed by atoms with van der Waals surface area (Å²) >= 11 is 0. The Labute approximate surface area is 205 Å². The van der Waals surface area contributed by atoms with Gasteiger partial charge in [0.05, 0.1) is 18.3 Å². The zero-order valence-corrected chi connectivity index (χ0v) is 21.9. The first-order valence-electron chi connectivity index (χ1n) is 13.3. The highest BCUT2D eigenvalue weighted by Crippen LogP contribution is 2.64. The number of carbonyl (C=O) groups excluding carboxylic acids is 1. The molecule has 0 spiro atoms. The largest absolute Gasteiger partial charge is 0.458 e. The van der Waals surface area contributed by atoms with Gasteiger partial charge in [0.2, 0.25) is 0 Å². The predicted molar refractivity (Wildman–Crippen MR) is 133 cm³/mol. The van der Waals surface area contributed by atoms with Crippen molar-refractivity contribution in [3.05, 3.63) is 34.9 Å². The predicted octanol–water partition coefficient (Wildman–Crippen LogP) is 5.26. The van der Waals surface area contributed by atoms with Gasteiger partial charge in [0, 0.05) is 11.8 Å². The Morgan fingerprint density at radius 1 is 1.21 bits per heavy atom. The standard InChI is InChI=1S/C29H44O5/c1-7-27(4,8-2)34-26(32)17-33-18(3)22-11-12-23-21-10-9-19-15-20(30)16-25(31)29(19,6)24(21)13-14-28(22,23)5/h9-11,18,20,23-25,30-31H,7-8,12-17H2,1-6H3/t18-,20+,23-,24-,25-,28+,29-/m0/s1. The van der Waals surface area contributed by atoms with Crippen LogP contribution in [0.1, 0.15) is 86.5 Å². The van der Waals surface area contributed by atoms with E-state index in [1.165, 1.54) is 16.7 Å². The summed E-state index contributed by atoms with van der Waals surface area (Å²) in [5.41, 5.74) is 3.20. The van der Waals surface area contributed by atoms with E-state index < -0.39 is 17.8 Å². The molecule has 190 valence electrons. The van der Waals surface area contributed by atoms with E-state index in [0.29, 0.717) is 24.7 Å². The Morgan fingerprint density at radius 3 is 2.59 bits per heavy atom. The van der Waals surface area contributed by atoms with Gasteiger partial charge in [-0.15, -0.1) is 0 Å². The van der Waals surface area contributed by atoms with Crippen molar-refractivity contribution in [1.82, 2.24) is 0 Å². The first-order valence-corrected chi connectivity index (χ1v) is 13.3. The molecule has 0 aromatic carbocycles. The van der Waals surface area contributed by atoms with Crippen molar-refractivity contribution < 1.29 is 24.5 Å². The minimum Gasteiger partial charge on any atom is -0.458 e. The molecule has 0 unspecified atom stereocenters. The topological polar surface area (TPSA) is 76.0 Å². The molecule has 5 heteroatoms. The van der Waals surface area contributed by atoms with Crippen LogP contribution < -0.4 is 0 Å². The van der Waals surface area contributed by atoms with E-state index in [1.54, 1.807) is 0 Å². The van der Waals surface area contributed by atoms with Gasteiger partial charge >= 0.3 is 5.97 Å². The summed E-state index contributed by atoms with van der Waals surface area (Å²) < 4.78 is 11.8. The van der Waals surface area contributed by atoms with Crippen molar-refractivity contribution >= 4 is 5.97 Å². The van der Waals surface area contributed by atoms with Gasteiger partial charge in [-0.3, -0.25) is 0 Å². The molecule has 4 rings (SSSR count). The molecule has 4 aliphatic rings. The fourth-order valence-corrected chi connectivity index (χ4v) is 7.28. The summed E-state index contributed by atoms with van der Waals surface area (Å²) in [7, 11) is 0. The molecule has 0 aromatic heterocycles. The van der Waals surface area contributed by atoms with E-state index >= 15 is 0 Å². The maximum Gasteiger partial charge on any atom is 0.332 e. The van der Waals surface area contributed by atoms with Crippen LogP contribution >= 0.6 is 0 Å². The van der Waals surface area contributed by atoms with Gasteiger partial charge in [-0.2, -0.15) is 0 Å². The van der Waals surface area contributed by atoms with E-state index in [0.717, 1.165) is 32.1 Å². The maximum absolute atomic E-state index is 12.4. The smallest absolute Gasteiger partial charge is 0.332 e. The summed E-state index contributed by atoms with van der Waals surface area (Å²) in [6, 6.07) is 0. The average molecular weight is 473 g/mol. The molecule has 0 bridgehead atoms. The Kier molecular flexibility index (Phi) is 6.96. The van der Waals surface area contributed by atoms with Gasteiger partial charge < -0.3 is 19.7 Å². The molecule has 2 saturated carbocycles. The van der Waals surface area contributed by atoms with Crippen LogP contribution in [0.3, 0.4) is 0 Å². The van der Waals surface area contributed by atoms with Crippen molar-refractivity contribution in [3.8, 4) is 0 Å². The lowest BCUT2D eigenvalue weighted by Gasteiger charge is -2.56. The molecule has 0 aliphatic heterocycles. The second-order valence-electron chi connectivity index (χ2n) is 11.8. The van der Waals surface area contributed by atoms with E-state index in [2.05, 4.69) is 39.0 Å². The van der Waals surface area contributed by atoms with E-state index in [1.807, 2.05) is 20.8 Å². The van der Waals surface area contributed by atoms with Gasteiger partial charge in [-0.05, 0) is 75.2 Å². The highest BCUT2D eigenvalue weighted by Gasteiger charge is 2.57. The van der Waals surface area contributed by atoms with Crippen molar-refractivity contribution in [2.24, 2.45) is 22.7 Å². The molecule has 0 heterocycles. The van der Waals surface area contributed by atoms with Crippen LogP contribution in [0.2, 0.25) is 0 Å². The van der Waals surface area contributed by atoms with E-state index in [9.17, 15) is 15.0 Å². The lowest BCUT2D eigenvalue weighted by atomic mass is 9.49. The minimum absolute atomic E-state index is 0.00611. The van der Waals surface area contributed by atoms with Crippen LogP contribution in [0.5, 0.6) is 0 Å². The maximum atomic E-state index is 12.4. The number of hydrogen-bond donors (Lipinski definition) is 2. The van der Waals surface area contributed by atoms with Gasteiger partial charge in [0.1, 0.15) is 12.2 Å². The summed E-state index contributed by atoms with van der Waals surface area (Å²) in [5, 5.41) is 21.3. The molecule has 2 N–H and O–H groups in total. The lowest BCUT2D eigenvalue weighted by Crippen LogP contribution is -2.52. The highest BCUT2D eigenvalue weighted by molar-refractivity contribution is 5.71. The zero-order chi connectivity index (χ0) is 24.9. The fraction of sp³-hybridized carbons (Fsp3) is 0.759. The normalized spacial score (nSPS) is 38.1. The van der Waals surface area contributed by atoms with Crippen LogP contribution in [0.25, 0.3) is 0 Å². The van der Waals surface area contributed by atoms with Crippen molar-refractivity contribution in [3.63, 3.8) is 0 Å². The molecular formula is C29H44O5. The van der Waals surface area contributed by atoms with Crippen LogP contribution in [-0.2, 0) is 14.3 Å². The summed E-state index contributed by atoms with van der Waals surface area (Å²) in [4.78, 5) is 12.4. The monoisotopic (exact) mass is 472 g/mol. The van der Waals surface area contributed by atoms with Gasteiger partial charge in [0.15, 0.2) is 0 Å². The number of esters is 1. The number of allylic oxidation sites excluding steroid dienone is 4. The third kappa shape index (κ3) is 4.12. The lowest BCUT2D eigenvalue weighted by molar-refractivity contribution is -0.165. The molecule has 0 amide bonds. The van der Waals surface area contributed by atoms with Gasteiger partial charge in [-0.1, -0.05) is 57.1 Å². The second kappa shape index (κ2) is 9.22. The van der Waals surface area contributed by atoms with Crippen LogP contribution in [0.15, 0.2) is 34.9 Å². The third-order valence-corrected chi connectivity index (χ3v) is 10.0. The summed E-state index contributed by atoms with van der Waals surface area (Å²) in [6.07, 6.45) is 11.4. The Bertz CT molecular complexity index is 896. The third-order valence-electron chi connectivity index (χ3n) is 10.0. The molecule has 0 radical (unpaired) electrons. The Hall–Kier alpha value is -1.43. The first kappa shape index (κ1) is 25.7. The average Bonchev–Trinajstić information content (AvgIpc) is 3.15. The molecule has 0 aromatic rings. The first-order chi connectivity index (χ1) is 16.0. The highest BCUT2D eigenvalue weighted by atomic mass is 16.6. The quantitative estimate of drug-likeness (QED) is 0.390. The number of aliphatic hydroxyl groups excluding tert-OH is 2. The van der Waals surface area contributed by atoms with Crippen LogP contribution in [-0.4, -0.2) is 46.7 Å². The number of carbonyl (C=O) groups is 1. The molecule has 0 saturated heterocycles. The molecule has 4 aliphatic carbocycles. The number of fused-ring (bicyclic) bond motifs is 5. The summed E-state index contributed by atoms with van der Waals surface area (Å²) in [6.45, 7) is 12.6. The molecule has 34 heavy (non-hydrogen) atoms. The summed E-state index contributed by atoms with van der Waals surface area (Å²) in [5.74, 6) is 0.403. The van der Waals surface area contributed by atoms with E-state index in [4.69, 9.17) is 9.47 Å². The number of hydrogen-bond acceptors (Lipinski definition) is 5. The van der Waals surface area contributed by atoms with Crippen LogP contribution in [0, 0.1) is 22.7 Å².